The maximum Gasteiger partial charge on any atom is 0.407 e. The number of carbonyl (C=O) groups excluding carboxylic acids is 1. The first-order chi connectivity index (χ1) is 13.4. The SMILES string of the molecule is CCOC(=O)NC(CNC(=NC)NCc1cc(C(CC)CC)no1)CC(C)C.I. The van der Waals surface area contributed by atoms with Crippen molar-refractivity contribution in [2.24, 2.45) is 10.9 Å². The van der Waals surface area contributed by atoms with Gasteiger partial charge in [-0.3, -0.25) is 4.99 Å². The van der Waals surface area contributed by atoms with Gasteiger partial charge in [0.2, 0.25) is 0 Å². The van der Waals surface area contributed by atoms with Gasteiger partial charge < -0.3 is 25.2 Å². The number of hydrogen-bond donors (Lipinski definition) is 3. The maximum absolute atomic E-state index is 11.7. The molecular formula is C20H38IN5O3. The lowest BCUT2D eigenvalue weighted by atomic mass is 9.99. The van der Waals surface area contributed by atoms with Crippen LogP contribution in [0.25, 0.3) is 0 Å². The molecule has 0 aliphatic carbocycles. The molecule has 168 valence electrons. The molecule has 9 heteroatoms. The Labute approximate surface area is 192 Å². The number of nitrogens with zero attached hydrogens (tertiary/aromatic N) is 2. The molecule has 0 spiro atoms. The van der Waals surface area contributed by atoms with Crippen molar-refractivity contribution in [1.29, 1.82) is 0 Å². The molecule has 0 aliphatic heterocycles. The lowest BCUT2D eigenvalue weighted by Crippen LogP contribution is -2.47. The predicted octanol–water partition coefficient (Wildman–Crippen LogP) is 4.02. The van der Waals surface area contributed by atoms with Gasteiger partial charge in [0.05, 0.1) is 18.8 Å². The van der Waals surface area contributed by atoms with Gasteiger partial charge >= 0.3 is 6.09 Å². The van der Waals surface area contributed by atoms with Crippen LogP contribution in [0.15, 0.2) is 15.6 Å². The molecule has 0 aromatic carbocycles. The number of halogens is 1. The van der Waals surface area contributed by atoms with Crippen LogP contribution < -0.4 is 16.0 Å². The van der Waals surface area contributed by atoms with Crippen LogP contribution in [0.1, 0.15) is 71.3 Å². The van der Waals surface area contributed by atoms with E-state index in [0.29, 0.717) is 37.5 Å². The highest BCUT2D eigenvalue weighted by molar-refractivity contribution is 14.0. The monoisotopic (exact) mass is 523 g/mol. The van der Waals surface area contributed by atoms with Crippen molar-refractivity contribution in [3.8, 4) is 0 Å². The zero-order valence-electron chi connectivity index (χ0n) is 18.6. The summed E-state index contributed by atoms with van der Waals surface area (Å²) in [4.78, 5) is 16.0. The molecule has 1 aromatic heterocycles. The van der Waals surface area contributed by atoms with Gasteiger partial charge in [0.15, 0.2) is 11.7 Å². The van der Waals surface area contributed by atoms with E-state index in [4.69, 9.17) is 9.26 Å². The first kappa shape index (κ1) is 27.5. The predicted molar refractivity (Wildman–Crippen MR) is 127 cm³/mol. The van der Waals surface area contributed by atoms with E-state index in [2.05, 4.69) is 53.8 Å². The van der Waals surface area contributed by atoms with Gasteiger partial charge in [0.25, 0.3) is 0 Å². The molecule has 0 saturated heterocycles. The Morgan fingerprint density at radius 1 is 1.24 bits per heavy atom. The smallest absolute Gasteiger partial charge is 0.407 e. The molecule has 1 rings (SSSR count). The molecule has 0 bridgehead atoms. The van der Waals surface area contributed by atoms with Gasteiger partial charge in [-0.05, 0) is 32.1 Å². The van der Waals surface area contributed by atoms with E-state index in [0.717, 1.165) is 30.7 Å². The number of carbonyl (C=O) groups is 1. The van der Waals surface area contributed by atoms with Crippen LogP contribution >= 0.6 is 24.0 Å². The minimum atomic E-state index is -0.395. The fraction of sp³-hybridized carbons (Fsp3) is 0.750. The number of alkyl carbamates (subject to hydrolysis) is 1. The Hall–Kier alpha value is -1.52. The molecule has 1 amide bonds. The van der Waals surface area contributed by atoms with E-state index >= 15 is 0 Å². The van der Waals surface area contributed by atoms with Crippen LogP contribution in [-0.4, -0.2) is 43.5 Å². The molecule has 1 atom stereocenters. The van der Waals surface area contributed by atoms with Gasteiger partial charge in [-0.1, -0.05) is 32.9 Å². The van der Waals surface area contributed by atoms with Crippen molar-refractivity contribution in [3.05, 3.63) is 17.5 Å². The molecule has 1 aromatic rings. The van der Waals surface area contributed by atoms with E-state index in [1.807, 2.05) is 6.07 Å². The molecule has 8 nitrogen and oxygen atoms in total. The molecule has 1 heterocycles. The van der Waals surface area contributed by atoms with Crippen molar-refractivity contribution in [3.63, 3.8) is 0 Å². The first-order valence-corrected chi connectivity index (χ1v) is 10.3. The van der Waals surface area contributed by atoms with E-state index < -0.39 is 6.09 Å². The third-order valence-electron chi connectivity index (χ3n) is 4.50. The second-order valence-corrected chi connectivity index (χ2v) is 7.23. The lowest BCUT2D eigenvalue weighted by molar-refractivity contribution is 0.146. The van der Waals surface area contributed by atoms with E-state index in [1.165, 1.54) is 0 Å². The zero-order valence-corrected chi connectivity index (χ0v) is 20.9. The Kier molecular flexibility index (Phi) is 14.5. The fourth-order valence-corrected chi connectivity index (χ4v) is 3.02. The standard InChI is InChI=1S/C20H37N5O3.HI/c1-7-15(8-2)18-11-17(28-25-18)13-23-19(21-6)22-12-16(10-14(4)5)24-20(26)27-9-3;/h11,14-16H,7-10,12-13H2,1-6H3,(H,24,26)(H2,21,22,23);1H. The van der Waals surface area contributed by atoms with E-state index in [9.17, 15) is 4.79 Å². The summed E-state index contributed by atoms with van der Waals surface area (Å²) in [6.45, 7) is 11.7. The van der Waals surface area contributed by atoms with Crippen LogP contribution in [0.4, 0.5) is 4.79 Å². The molecule has 0 radical (unpaired) electrons. The summed E-state index contributed by atoms with van der Waals surface area (Å²) in [5.41, 5.74) is 1.00. The van der Waals surface area contributed by atoms with E-state index in [1.54, 1.807) is 14.0 Å². The van der Waals surface area contributed by atoms with Gasteiger partial charge in [-0.15, -0.1) is 24.0 Å². The molecule has 29 heavy (non-hydrogen) atoms. The number of hydrogen-bond acceptors (Lipinski definition) is 5. The first-order valence-electron chi connectivity index (χ1n) is 10.3. The number of aromatic nitrogens is 1. The Bertz CT molecular complexity index is 603. The summed E-state index contributed by atoms with van der Waals surface area (Å²) >= 11 is 0. The highest BCUT2D eigenvalue weighted by Gasteiger charge is 2.16. The Morgan fingerprint density at radius 2 is 1.93 bits per heavy atom. The number of aliphatic imine (C=N–C) groups is 1. The molecule has 0 fully saturated rings. The number of nitrogens with one attached hydrogen (secondary N) is 3. The van der Waals surface area contributed by atoms with Crippen LogP contribution in [0, 0.1) is 5.92 Å². The number of guanidine groups is 1. The highest BCUT2D eigenvalue weighted by Crippen LogP contribution is 2.22. The second kappa shape index (κ2) is 15.3. The number of ether oxygens (including phenoxy) is 1. The molecule has 0 aliphatic rings. The van der Waals surface area contributed by atoms with Crippen LogP contribution in [0.3, 0.4) is 0 Å². The van der Waals surface area contributed by atoms with Crippen molar-refractivity contribution in [2.75, 3.05) is 20.2 Å². The number of rotatable bonds is 11. The minimum Gasteiger partial charge on any atom is -0.450 e. The molecule has 1 unspecified atom stereocenters. The molecule has 0 saturated carbocycles. The third kappa shape index (κ3) is 10.7. The quantitative estimate of drug-likeness (QED) is 0.230. The fourth-order valence-electron chi connectivity index (χ4n) is 3.02. The number of amides is 1. The van der Waals surface area contributed by atoms with Crippen LogP contribution in [0.5, 0.6) is 0 Å². The van der Waals surface area contributed by atoms with Gasteiger partial charge in [0.1, 0.15) is 0 Å². The Morgan fingerprint density at radius 3 is 2.48 bits per heavy atom. The lowest BCUT2D eigenvalue weighted by Gasteiger charge is -2.22. The summed E-state index contributed by atoms with van der Waals surface area (Å²) in [7, 11) is 1.71. The average molecular weight is 523 g/mol. The maximum atomic E-state index is 11.7. The summed E-state index contributed by atoms with van der Waals surface area (Å²) in [5.74, 6) is 2.29. The van der Waals surface area contributed by atoms with Crippen molar-refractivity contribution in [2.45, 2.75) is 72.4 Å². The Balaban J connectivity index is 0.00000784. The zero-order chi connectivity index (χ0) is 20.9. The molecule has 3 N–H and O–H groups in total. The summed E-state index contributed by atoms with van der Waals surface area (Å²) in [6.07, 6.45) is 2.53. The normalized spacial score (nSPS) is 12.5. The topological polar surface area (TPSA) is 101 Å². The van der Waals surface area contributed by atoms with Gasteiger partial charge in [-0.25, -0.2) is 4.79 Å². The van der Waals surface area contributed by atoms with Crippen LogP contribution in [0.2, 0.25) is 0 Å². The molecular weight excluding hydrogens is 485 g/mol. The summed E-state index contributed by atoms with van der Waals surface area (Å²) in [5, 5.41) is 13.6. The second-order valence-electron chi connectivity index (χ2n) is 7.23. The van der Waals surface area contributed by atoms with Crippen LogP contribution in [-0.2, 0) is 11.3 Å². The van der Waals surface area contributed by atoms with Crippen molar-refractivity contribution >= 4 is 36.0 Å². The summed E-state index contributed by atoms with van der Waals surface area (Å²) < 4.78 is 10.4. The van der Waals surface area contributed by atoms with Gasteiger partial charge in [-0.2, -0.15) is 0 Å². The summed E-state index contributed by atoms with van der Waals surface area (Å²) in [6, 6.07) is 1.95. The average Bonchev–Trinajstić information content (AvgIpc) is 3.11. The largest absolute Gasteiger partial charge is 0.450 e. The van der Waals surface area contributed by atoms with E-state index in [-0.39, 0.29) is 30.0 Å². The third-order valence-corrected chi connectivity index (χ3v) is 4.50. The van der Waals surface area contributed by atoms with Gasteiger partial charge in [0, 0.05) is 31.6 Å². The minimum absolute atomic E-state index is 0. The van der Waals surface area contributed by atoms with Crippen molar-refractivity contribution in [1.82, 2.24) is 21.1 Å². The van der Waals surface area contributed by atoms with Crippen molar-refractivity contribution < 1.29 is 14.1 Å². The highest BCUT2D eigenvalue weighted by atomic mass is 127.